The number of nitrogens with zero attached hydrogens (tertiary/aromatic N) is 1. The first-order chi connectivity index (χ1) is 12.5. The van der Waals surface area contributed by atoms with E-state index in [0.717, 1.165) is 12.8 Å². The summed E-state index contributed by atoms with van der Waals surface area (Å²) in [6.45, 7) is 2.04. The summed E-state index contributed by atoms with van der Waals surface area (Å²) in [6, 6.07) is 7.19. The van der Waals surface area contributed by atoms with Gasteiger partial charge in [0.2, 0.25) is 5.91 Å². The number of hydrogen-bond acceptors (Lipinski definition) is 4. The van der Waals surface area contributed by atoms with Crippen molar-refractivity contribution in [3.63, 3.8) is 0 Å². The number of nitrogens with one attached hydrogen (secondary N) is 1. The molecule has 1 aliphatic carbocycles. The van der Waals surface area contributed by atoms with Crippen molar-refractivity contribution >= 4 is 23.5 Å². The van der Waals surface area contributed by atoms with Crippen molar-refractivity contribution in [1.82, 2.24) is 4.90 Å². The predicted octanol–water partition coefficient (Wildman–Crippen LogP) is 3.37. The van der Waals surface area contributed by atoms with Gasteiger partial charge < -0.3 is 15.0 Å². The van der Waals surface area contributed by atoms with E-state index in [1.54, 1.807) is 31.2 Å². The maximum absolute atomic E-state index is 12.6. The number of benzene rings is 1. The fourth-order valence-electron chi connectivity index (χ4n) is 3.21. The first-order valence-corrected chi connectivity index (χ1v) is 9.34. The molecule has 2 rings (SSSR count). The van der Waals surface area contributed by atoms with Crippen LogP contribution in [0.1, 0.15) is 62.2 Å². The van der Waals surface area contributed by atoms with Gasteiger partial charge in [-0.25, -0.2) is 0 Å². The molecule has 1 saturated carbocycles. The van der Waals surface area contributed by atoms with Gasteiger partial charge >= 0.3 is 5.97 Å². The van der Waals surface area contributed by atoms with Crippen LogP contribution in [-0.2, 0) is 14.3 Å². The Bertz CT molecular complexity index is 621. The molecule has 6 heteroatoms. The van der Waals surface area contributed by atoms with E-state index in [4.69, 9.17) is 4.74 Å². The second kappa shape index (κ2) is 9.94. The van der Waals surface area contributed by atoms with Crippen LogP contribution < -0.4 is 5.32 Å². The topological polar surface area (TPSA) is 75.7 Å². The van der Waals surface area contributed by atoms with E-state index < -0.39 is 0 Å². The van der Waals surface area contributed by atoms with Crippen LogP contribution in [0.4, 0.5) is 5.69 Å². The molecule has 1 aromatic carbocycles. The molecular weight excluding hydrogens is 332 g/mol. The van der Waals surface area contributed by atoms with Crippen molar-refractivity contribution < 1.29 is 19.1 Å². The number of rotatable bonds is 7. The summed E-state index contributed by atoms with van der Waals surface area (Å²) in [5, 5.41) is 2.73. The van der Waals surface area contributed by atoms with E-state index in [2.05, 4.69) is 5.32 Å². The molecule has 2 amide bonds. The highest BCUT2D eigenvalue weighted by Crippen LogP contribution is 2.23. The summed E-state index contributed by atoms with van der Waals surface area (Å²) in [4.78, 5) is 37.6. The SMILES string of the molecule is CCOC(=O)CCC(=O)Nc1ccc(C(=O)N(C)C2CCCCC2)cc1. The molecule has 0 saturated heterocycles. The summed E-state index contributed by atoms with van der Waals surface area (Å²) in [7, 11) is 1.86. The van der Waals surface area contributed by atoms with Gasteiger partial charge in [-0.2, -0.15) is 0 Å². The molecular formula is C20H28N2O4. The molecule has 1 fully saturated rings. The van der Waals surface area contributed by atoms with E-state index in [1.807, 2.05) is 11.9 Å². The van der Waals surface area contributed by atoms with Crippen molar-refractivity contribution in [3.05, 3.63) is 29.8 Å². The highest BCUT2D eigenvalue weighted by molar-refractivity contribution is 5.96. The van der Waals surface area contributed by atoms with E-state index >= 15 is 0 Å². The van der Waals surface area contributed by atoms with Crippen molar-refractivity contribution in [3.8, 4) is 0 Å². The molecule has 0 radical (unpaired) electrons. The molecule has 26 heavy (non-hydrogen) atoms. The lowest BCUT2D eigenvalue weighted by Gasteiger charge is -2.31. The minimum Gasteiger partial charge on any atom is -0.466 e. The minimum atomic E-state index is -0.380. The van der Waals surface area contributed by atoms with Crippen LogP contribution in [0.3, 0.4) is 0 Å². The molecule has 0 unspecified atom stereocenters. The molecule has 1 N–H and O–H groups in total. The normalized spacial score (nSPS) is 14.5. The Labute approximate surface area is 154 Å². The first-order valence-electron chi connectivity index (χ1n) is 9.34. The fourth-order valence-corrected chi connectivity index (χ4v) is 3.21. The summed E-state index contributed by atoms with van der Waals surface area (Å²) in [6.07, 6.45) is 5.88. The summed E-state index contributed by atoms with van der Waals surface area (Å²) in [5.74, 6) is -0.622. The highest BCUT2D eigenvalue weighted by atomic mass is 16.5. The van der Waals surface area contributed by atoms with Crippen LogP contribution in [-0.4, -0.2) is 42.4 Å². The lowest BCUT2D eigenvalue weighted by Crippen LogP contribution is -2.38. The number of anilines is 1. The Morgan fingerprint density at radius 2 is 1.73 bits per heavy atom. The zero-order chi connectivity index (χ0) is 18.9. The Hall–Kier alpha value is -2.37. The second-order valence-corrected chi connectivity index (χ2v) is 6.64. The summed E-state index contributed by atoms with van der Waals surface area (Å²) >= 11 is 0. The van der Waals surface area contributed by atoms with E-state index in [1.165, 1.54) is 19.3 Å². The molecule has 0 aromatic heterocycles. The average Bonchev–Trinajstić information content (AvgIpc) is 2.67. The lowest BCUT2D eigenvalue weighted by molar-refractivity contribution is -0.144. The maximum atomic E-state index is 12.6. The largest absolute Gasteiger partial charge is 0.466 e. The zero-order valence-corrected chi connectivity index (χ0v) is 15.6. The van der Waals surface area contributed by atoms with Crippen LogP contribution in [0.2, 0.25) is 0 Å². The molecule has 0 spiro atoms. The van der Waals surface area contributed by atoms with Gasteiger partial charge in [0.1, 0.15) is 0 Å². The van der Waals surface area contributed by atoms with E-state index in [0.29, 0.717) is 23.9 Å². The molecule has 0 atom stereocenters. The third-order valence-electron chi connectivity index (χ3n) is 4.72. The fraction of sp³-hybridized carbons (Fsp3) is 0.550. The third-order valence-corrected chi connectivity index (χ3v) is 4.72. The van der Waals surface area contributed by atoms with Gasteiger partial charge in [-0.3, -0.25) is 14.4 Å². The van der Waals surface area contributed by atoms with Gasteiger partial charge in [0.25, 0.3) is 5.91 Å². The van der Waals surface area contributed by atoms with Crippen LogP contribution >= 0.6 is 0 Å². The standard InChI is InChI=1S/C20H28N2O4/c1-3-26-19(24)14-13-18(23)21-16-11-9-15(10-12-16)20(25)22(2)17-7-5-4-6-8-17/h9-12,17H,3-8,13-14H2,1-2H3,(H,21,23). The Kier molecular flexibility index (Phi) is 7.63. The molecule has 142 valence electrons. The quantitative estimate of drug-likeness (QED) is 0.757. The molecule has 1 aromatic rings. The van der Waals surface area contributed by atoms with Gasteiger partial charge in [0.05, 0.1) is 13.0 Å². The Morgan fingerprint density at radius 1 is 1.08 bits per heavy atom. The van der Waals surface area contributed by atoms with Crippen molar-refractivity contribution in [1.29, 1.82) is 0 Å². The predicted molar refractivity (Wildman–Crippen MR) is 99.9 cm³/mol. The minimum absolute atomic E-state index is 0.0112. The summed E-state index contributed by atoms with van der Waals surface area (Å²) < 4.78 is 4.80. The molecule has 0 bridgehead atoms. The van der Waals surface area contributed by atoms with Crippen LogP contribution in [0, 0.1) is 0 Å². The number of carbonyl (C=O) groups is 3. The van der Waals surface area contributed by atoms with Gasteiger partial charge in [0.15, 0.2) is 0 Å². The number of hydrogen-bond donors (Lipinski definition) is 1. The van der Waals surface area contributed by atoms with Crippen LogP contribution in [0.25, 0.3) is 0 Å². The number of ether oxygens (including phenoxy) is 1. The molecule has 0 aliphatic heterocycles. The maximum Gasteiger partial charge on any atom is 0.306 e. The number of esters is 1. The Balaban J connectivity index is 1.85. The highest BCUT2D eigenvalue weighted by Gasteiger charge is 2.22. The Morgan fingerprint density at radius 3 is 2.35 bits per heavy atom. The average molecular weight is 360 g/mol. The second-order valence-electron chi connectivity index (χ2n) is 6.64. The van der Waals surface area contributed by atoms with Crippen molar-refractivity contribution in [2.45, 2.75) is 57.9 Å². The first kappa shape index (κ1) is 19.9. The van der Waals surface area contributed by atoms with Crippen molar-refractivity contribution in [2.24, 2.45) is 0 Å². The molecule has 1 aliphatic rings. The number of amides is 2. The van der Waals surface area contributed by atoms with E-state index in [9.17, 15) is 14.4 Å². The van der Waals surface area contributed by atoms with E-state index in [-0.39, 0.29) is 30.6 Å². The van der Waals surface area contributed by atoms with Gasteiger partial charge in [-0.1, -0.05) is 19.3 Å². The molecule has 6 nitrogen and oxygen atoms in total. The van der Waals surface area contributed by atoms with Gasteiger partial charge in [-0.05, 0) is 44.0 Å². The third kappa shape index (κ3) is 5.86. The van der Waals surface area contributed by atoms with Crippen LogP contribution in [0.15, 0.2) is 24.3 Å². The van der Waals surface area contributed by atoms with Gasteiger partial charge in [0, 0.05) is 30.8 Å². The zero-order valence-electron chi connectivity index (χ0n) is 15.6. The van der Waals surface area contributed by atoms with Crippen molar-refractivity contribution in [2.75, 3.05) is 19.0 Å². The monoisotopic (exact) mass is 360 g/mol. The number of carbonyl (C=O) groups excluding carboxylic acids is 3. The molecule has 0 heterocycles. The van der Waals surface area contributed by atoms with Crippen LogP contribution in [0.5, 0.6) is 0 Å². The lowest BCUT2D eigenvalue weighted by atomic mass is 9.94. The smallest absolute Gasteiger partial charge is 0.306 e. The summed E-state index contributed by atoms with van der Waals surface area (Å²) in [5.41, 5.74) is 1.22. The van der Waals surface area contributed by atoms with Gasteiger partial charge in [-0.15, -0.1) is 0 Å².